The minimum absolute atomic E-state index is 0.341. The monoisotopic (exact) mass is 499 g/mol. The molecule has 1 fully saturated rings. The molecule has 0 bridgehead atoms. The fraction of sp³-hybridized carbons (Fsp3) is 0.759. The zero-order valence-electron chi connectivity index (χ0n) is 23.3. The molecule has 0 saturated carbocycles. The number of pyridine rings is 1. The maximum Gasteiger partial charge on any atom is 0.407 e. The van der Waals surface area contributed by atoms with Crippen LogP contribution in [0.2, 0.25) is 0 Å². The van der Waals surface area contributed by atoms with Crippen molar-refractivity contribution in [3.63, 3.8) is 0 Å². The number of carboxylic acid groups (broad SMARTS) is 1. The Bertz CT molecular complexity index is 966. The molecule has 7 heteroatoms. The van der Waals surface area contributed by atoms with Gasteiger partial charge in [0.25, 0.3) is 0 Å². The highest BCUT2D eigenvalue weighted by Gasteiger charge is 2.60. The molecule has 2 unspecified atom stereocenters. The Hall–Kier alpha value is -2.31. The third-order valence-electron chi connectivity index (χ3n) is 8.66. The smallest absolute Gasteiger partial charge is 0.407 e. The van der Waals surface area contributed by atoms with Crippen molar-refractivity contribution in [2.45, 2.75) is 129 Å². The highest BCUT2D eigenvalue weighted by atomic mass is 16.4. The van der Waals surface area contributed by atoms with Crippen molar-refractivity contribution in [2.24, 2.45) is 5.92 Å². The van der Waals surface area contributed by atoms with Crippen LogP contribution in [-0.2, 0) is 0 Å². The summed E-state index contributed by atoms with van der Waals surface area (Å²) in [6.07, 6.45) is 14.6. The molecule has 1 amide bonds. The quantitative estimate of drug-likeness (QED) is 0.245. The third-order valence-corrected chi connectivity index (χ3v) is 8.66. The Balaban J connectivity index is 2.24. The number of anilines is 1. The number of nitrogens with one attached hydrogen (secondary N) is 2. The van der Waals surface area contributed by atoms with Gasteiger partial charge in [-0.3, -0.25) is 5.10 Å². The predicted molar refractivity (Wildman–Crippen MR) is 149 cm³/mol. The van der Waals surface area contributed by atoms with Gasteiger partial charge in [0.2, 0.25) is 0 Å². The number of rotatable bonds is 14. The topological polar surface area (TPSA) is 94.1 Å². The van der Waals surface area contributed by atoms with Crippen LogP contribution in [0.3, 0.4) is 0 Å². The van der Waals surface area contributed by atoms with Gasteiger partial charge in [0.1, 0.15) is 0 Å². The molecule has 36 heavy (non-hydrogen) atoms. The molecule has 3 heterocycles. The van der Waals surface area contributed by atoms with E-state index in [0.29, 0.717) is 12.5 Å². The zero-order valence-corrected chi connectivity index (χ0v) is 23.3. The Kier molecular flexibility index (Phi) is 10.0. The summed E-state index contributed by atoms with van der Waals surface area (Å²) in [5, 5.41) is 23.1. The summed E-state index contributed by atoms with van der Waals surface area (Å²) in [7, 11) is 0. The molecular formula is C29H49N5O2. The second-order valence-electron chi connectivity index (χ2n) is 10.9. The molecule has 2 atom stereocenters. The summed E-state index contributed by atoms with van der Waals surface area (Å²) < 4.78 is 0. The van der Waals surface area contributed by atoms with E-state index in [0.717, 1.165) is 99.5 Å². The minimum Gasteiger partial charge on any atom is -0.465 e. The lowest BCUT2D eigenvalue weighted by Gasteiger charge is -2.63. The van der Waals surface area contributed by atoms with Crippen LogP contribution in [0, 0.1) is 12.8 Å². The number of aromatic nitrogens is 3. The van der Waals surface area contributed by atoms with Gasteiger partial charge in [0.05, 0.1) is 23.0 Å². The number of hydrogen-bond acceptors (Lipinski definition) is 4. The second-order valence-corrected chi connectivity index (χ2v) is 10.9. The number of H-pyrrole nitrogens is 1. The molecule has 1 aliphatic heterocycles. The fourth-order valence-corrected chi connectivity index (χ4v) is 6.78. The zero-order chi connectivity index (χ0) is 26.2. The van der Waals surface area contributed by atoms with Crippen LogP contribution in [0.5, 0.6) is 0 Å². The number of carbonyl (C=O) groups is 1. The summed E-state index contributed by atoms with van der Waals surface area (Å²) in [6.45, 7) is 11.6. The summed E-state index contributed by atoms with van der Waals surface area (Å²) in [6, 6.07) is 2.16. The van der Waals surface area contributed by atoms with Crippen LogP contribution >= 0.6 is 0 Å². The van der Waals surface area contributed by atoms with Gasteiger partial charge < -0.3 is 15.3 Å². The molecule has 7 nitrogen and oxygen atoms in total. The highest BCUT2D eigenvalue weighted by molar-refractivity contribution is 5.81. The number of unbranched alkanes of at least 4 members (excludes halogenated alkanes) is 4. The number of aromatic amines is 1. The second kappa shape index (κ2) is 12.8. The number of amides is 1. The van der Waals surface area contributed by atoms with Crippen molar-refractivity contribution in [1.29, 1.82) is 0 Å². The minimum atomic E-state index is -0.766. The first-order valence-corrected chi connectivity index (χ1v) is 14.5. The number of fused-ring (bicyclic) bond motifs is 1. The average Bonchev–Trinajstić information content (AvgIpc) is 3.24. The maximum absolute atomic E-state index is 12.9. The molecule has 0 spiro atoms. The van der Waals surface area contributed by atoms with Crippen LogP contribution in [0.4, 0.5) is 10.5 Å². The first kappa shape index (κ1) is 28.3. The molecule has 2 aromatic rings. The largest absolute Gasteiger partial charge is 0.465 e. The molecule has 2 aromatic heterocycles. The Morgan fingerprint density at radius 2 is 1.72 bits per heavy atom. The van der Waals surface area contributed by atoms with Gasteiger partial charge in [-0.15, -0.1) is 0 Å². The van der Waals surface area contributed by atoms with Gasteiger partial charge in [0.15, 0.2) is 5.65 Å². The normalized spacial score (nSPS) is 21.7. The first-order valence-electron chi connectivity index (χ1n) is 14.5. The van der Waals surface area contributed by atoms with Crippen LogP contribution in [0.25, 0.3) is 11.0 Å². The molecule has 1 aliphatic rings. The van der Waals surface area contributed by atoms with E-state index in [-0.39, 0.29) is 5.54 Å². The fourth-order valence-electron chi connectivity index (χ4n) is 6.78. The lowest BCUT2D eigenvalue weighted by molar-refractivity contribution is -0.0544. The molecule has 3 N–H and O–H groups in total. The lowest BCUT2D eigenvalue weighted by Crippen LogP contribution is -2.74. The van der Waals surface area contributed by atoms with Gasteiger partial charge in [-0.2, -0.15) is 5.10 Å². The van der Waals surface area contributed by atoms with E-state index in [1.165, 1.54) is 6.42 Å². The summed E-state index contributed by atoms with van der Waals surface area (Å²) >= 11 is 0. The third kappa shape index (κ3) is 5.50. The number of hydrogen-bond donors (Lipinski definition) is 3. The van der Waals surface area contributed by atoms with Crippen LogP contribution < -0.4 is 5.32 Å². The number of aryl methyl sites for hydroxylation is 1. The predicted octanol–water partition coefficient (Wildman–Crippen LogP) is 7.92. The average molecular weight is 500 g/mol. The molecule has 1 saturated heterocycles. The van der Waals surface area contributed by atoms with Crippen molar-refractivity contribution in [1.82, 2.24) is 20.1 Å². The van der Waals surface area contributed by atoms with E-state index < -0.39 is 11.6 Å². The standard InChI is InChI=1S/C29H49N5O2/c1-6-10-14-23-15-19-34(27(35)36)28(16-11-7-2,17-12-8-3)29(23,18-13-9-4)31-24-20-25-22(5)32-33-26(25)30-21-24/h20-21,23,31H,6-19H2,1-5H3,(H,35,36)(H,30,32,33). The van der Waals surface area contributed by atoms with E-state index in [9.17, 15) is 9.90 Å². The van der Waals surface area contributed by atoms with Crippen molar-refractivity contribution in [3.8, 4) is 0 Å². The van der Waals surface area contributed by atoms with E-state index in [1.54, 1.807) is 0 Å². The van der Waals surface area contributed by atoms with Crippen LogP contribution in [-0.4, -0.2) is 48.9 Å². The molecular weight excluding hydrogens is 450 g/mol. The molecule has 202 valence electrons. The van der Waals surface area contributed by atoms with Crippen molar-refractivity contribution in [2.75, 3.05) is 11.9 Å². The highest BCUT2D eigenvalue weighted by Crippen LogP contribution is 2.53. The van der Waals surface area contributed by atoms with E-state index in [1.807, 2.05) is 18.0 Å². The number of nitrogens with zero attached hydrogens (tertiary/aromatic N) is 3. The van der Waals surface area contributed by atoms with Gasteiger partial charge in [-0.1, -0.05) is 79.1 Å². The van der Waals surface area contributed by atoms with Crippen molar-refractivity contribution in [3.05, 3.63) is 18.0 Å². The summed E-state index contributed by atoms with van der Waals surface area (Å²) in [4.78, 5) is 19.4. The Morgan fingerprint density at radius 1 is 1.08 bits per heavy atom. The van der Waals surface area contributed by atoms with Crippen LogP contribution in [0.1, 0.15) is 117 Å². The maximum atomic E-state index is 12.9. The van der Waals surface area contributed by atoms with E-state index in [4.69, 9.17) is 0 Å². The van der Waals surface area contributed by atoms with Gasteiger partial charge in [-0.25, -0.2) is 9.78 Å². The van der Waals surface area contributed by atoms with Gasteiger partial charge in [-0.05, 0) is 51.0 Å². The SMILES string of the molecule is CCCCC1CCN(C(=O)O)C(CCCC)(CCCC)C1(CCCC)Nc1cnc2n[nH]c(C)c2c1. The van der Waals surface area contributed by atoms with Crippen LogP contribution in [0.15, 0.2) is 12.3 Å². The van der Waals surface area contributed by atoms with Gasteiger partial charge >= 0.3 is 6.09 Å². The summed E-state index contributed by atoms with van der Waals surface area (Å²) in [5.74, 6) is 0.412. The van der Waals surface area contributed by atoms with Gasteiger partial charge in [0, 0.05) is 17.6 Å². The lowest BCUT2D eigenvalue weighted by atomic mass is 9.57. The van der Waals surface area contributed by atoms with E-state index >= 15 is 0 Å². The number of likely N-dealkylation sites (tertiary alicyclic amines) is 1. The first-order chi connectivity index (χ1) is 17.4. The number of piperidine rings is 1. The molecule has 0 radical (unpaired) electrons. The Morgan fingerprint density at radius 3 is 2.33 bits per heavy atom. The summed E-state index contributed by atoms with van der Waals surface area (Å²) in [5.41, 5.74) is 1.92. The molecule has 0 aromatic carbocycles. The van der Waals surface area contributed by atoms with Crippen molar-refractivity contribution < 1.29 is 9.90 Å². The van der Waals surface area contributed by atoms with E-state index in [2.05, 4.69) is 54.3 Å². The molecule has 0 aliphatic carbocycles. The van der Waals surface area contributed by atoms with Crippen molar-refractivity contribution >= 4 is 22.8 Å². The molecule has 3 rings (SSSR count). The Labute approximate surface area is 217 Å².